The first-order valence-electron chi connectivity index (χ1n) is 10.0. The lowest BCUT2D eigenvalue weighted by atomic mass is 10.0. The van der Waals surface area contributed by atoms with Crippen molar-refractivity contribution in [3.63, 3.8) is 0 Å². The van der Waals surface area contributed by atoms with Gasteiger partial charge in [-0.15, -0.1) is 11.8 Å². The lowest BCUT2D eigenvalue weighted by molar-refractivity contribution is 0.0519. The molecule has 1 saturated heterocycles. The third-order valence-corrected chi connectivity index (χ3v) is 6.91. The summed E-state index contributed by atoms with van der Waals surface area (Å²) in [6, 6.07) is -0.324. The van der Waals surface area contributed by atoms with Crippen LogP contribution in [0, 0.1) is 11.6 Å². The normalized spacial score (nSPS) is 19.1. The number of nitrogens with zero attached hydrogens (tertiary/aromatic N) is 1. The van der Waals surface area contributed by atoms with Gasteiger partial charge < -0.3 is 25.7 Å². The fourth-order valence-electron chi connectivity index (χ4n) is 4.11. The van der Waals surface area contributed by atoms with E-state index >= 15 is 8.78 Å². The van der Waals surface area contributed by atoms with Crippen LogP contribution in [-0.2, 0) is 4.74 Å². The number of esters is 1. The summed E-state index contributed by atoms with van der Waals surface area (Å²) in [7, 11) is 0. The van der Waals surface area contributed by atoms with Gasteiger partial charge in [0.05, 0.1) is 28.2 Å². The minimum Gasteiger partial charge on any atom is -0.462 e. The lowest BCUT2D eigenvalue weighted by Crippen LogP contribution is -2.36. The Morgan fingerprint density at radius 2 is 2.03 bits per heavy atom. The van der Waals surface area contributed by atoms with Crippen molar-refractivity contribution >= 4 is 40.0 Å². The van der Waals surface area contributed by atoms with Gasteiger partial charge in [0, 0.05) is 17.8 Å². The number of carbonyl (C=O) groups is 1. The minimum absolute atomic E-state index is 0.0733. The molecule has 0 amide bonds. The molecule has 1 fully saturated rings. The molecule has 1 aromatic carbocycles. The van der Waals surface area contributed by atoms with Gasteiger partial charge in [-0.25, -0.2) is 13.6 Å². The second kappa shape index (κ2) is 8.07. The Morgan fingerprint density at radius 3 is 2.70 bits per heavy atom. The summed E-state index contributed by atoms with van der Waals surface area (Å²) in [5.41, 5.74) is 4.13. The second-order valence-corrected chi connectivity index (χ2v) is 8.58. The number of fused-ring (bicyclic) bond motifs is 3. The number of thioether (sulfide) groups is 1. The number of benzene rings is 1. The molecular formula is C20H24F2N4O3S. The number of hydrogen-bond acceptors (Lipinski definition) is 7. The van der Waals surface area contributed by atoms with Crippen LogP contribution in [0.4, 0.5) is 20.2 Å². The van der Waals surface area contributed by atoms with Crippen LogP contribution in [0.2, 0.25) is 0 Å². The van der Waals surface area contributed by atoms with E-state index in [0.29, 0.717) is 23.6 Å². The van der Waals surface area contributed by atoms with E-state index in [2.05, 4.69) is 10.6 Å². The summed E-state index contributed by atoms with van der Waals surface area (Å²) in [5, 5.41) is 6.16. The van der Waals surface area contributed by atoms with Crippen molar-refractivity contribution in [3.8, 4) is 0 Å². The monoisotopic (exact) mass is 438 g/mol. The maximum atomic E-state index is 15.7. The van der Waals surface area contributed by atoms with Crippen LogP contribution in [-0.4, -0.2) is 42.0 Å². The topological polar surface area (TPSA) is 98.4 Å². The van der Waals surface area contributed by atoms with Crippen LogP contribution in [0.1, 0.15) is 43.1 Å². The van der Waals surface area contributed by atoms with E-state index in [4.69, 9.17) is 10.5 Å². The van der Waals surface area contributed by atoms with Crippen LogP contribution >= 0.6 is 11.8 Å². The molecule has 0 aliphatic carbocycles. The van der Waals surface area contributed by atoms with Gasteiger partial charge in [0.25, 0.3) is 0 Å². The first-order valence-corrected chi connectivity index (χ1v) is 11.0. The van der Waals surface area contributed by atoms with E-state index in [1.807, 2.05) is 6.92 Å². The van der Waals surface area contributed by atoms with Crippen molar-refractivity contribution in [2.45, 2.75) is 43.8 Å². The second-order valence-electron chi connectivity index (χ2n) is 7.57. The van der Waals surface area contributed by atoms with Crippen molar-refractivity contribution in [2.75, 3.05) is 36.5 Å². The molecule has 3 heterocycles. The van der Waals surface area contributed by atoms with Crippen molar-refractivity contribution < 1.29 is 18.3 Å². The zero-order chi connectivity index (χ0) is 21.6. The van der Waals surface area contributed by atoms with Gasteiger partial charge in [-0.3, -0.25) is 4.79 Å². The zero-order valence-electron chi connectivity index (χ0n) is 16.8. The Balaban J connectivity index is 2.00. The molecule has 0 bridgehead atoms. The van der Waals surface area contributed by atoms with Gasteiger partial charge in [-0.2, -0.15) is 0 Å². The van der Waals surface area contributed by atoms with Crippen molar-refractivity contribution in [1.29, 1.82) is 0 Å². The first kappa shape index (κ1) is 20.9. The lowest BCUT2D eigenvalue weighted by Gasteiger charge is -2.26. The third kappa shape index (κ3) is 3.22. The maximum Gasteiger partial charge on any atom is 0.344 e. The van der Waals surface area contributed by atoms with Crippen LogP contribution < -0.4 is 21.8 Å². The summed E-state index contributed by atoms with van der Waals surface area (Å²) in [6.07, 6.45) is 1.42. The van der Waals surface area contributed by atoms with Crippen molar-refractivity contribution in [2.24, 2.45) is 0 Å². The number of nitrogens with two attached hydrogens (primary N) is 1. The highest BCUT2D eigenvalue weighted by atomic mass is 32.2. The highest BCUT2D eigenvalue weighted by Crippen LogP contribution is 2.42. The Kier molecular flexibility index (Phi) is 5.63. The first-order chi connectivity index (χ1) is 14.4. The van der Waals surface area contributed by atoms with Crippen LogP contribution in [0.25, 0.3) is 10.9 Å². The third-order valence-electron chi connectivity index (χ3n) is 5.59. The molecular weight excluding hydrogens is 414 g/mol. The number of nitrogens with one attached hydrogen (secondary N) is 2. The van der Waals surface area contributed by atoms with Gasteiger partial charge in [0.1, 0.15) is 11.3 Å². The Morgan fingerprint density at radius 1 is 1.33 bits per heavy atom. The molecule has 1 atom stereocenters. The molecule has 2 aliphatic rings. The summed E-state index contributed by atoms with van der Waals surface area (Å²) in [4.78, 5) is 25.7. The van der Waals surface area contributed by atoms with E-state index in [0.717, 1.165) is 13.1 Å². The van der Waals surface area contributed by atoms with Crippen LogP contribution in [0.3, 0.4) is 0 Å². The smallest absolute Gasteiger partial charge is 0.344 e. The molecule has 0 spiro atoms. The van der Waals surface area contributed by atoms with Gasteiger partial charge in [0.2, 0.25) is 5.43 Å². The highest BCUT2D eigenvalue weighted by molar-refractivity contribution is 7.99. The molecule has 4 N–H and O–H groups in total. The van der Waals surface area contributed by atoms with Crippen molar-refractivity contribution in [3.05, 3.63) is 27.4 Å². The number of piperidine rings is 1. The Bertz CT molecular complexity index is 1080. The quantitative estimate of drug-likeness (QED) is 0.499. The maximum absolute atomic E-state index is 15.7. The fraction of sp³-hybridized carbons (Fsp3) is 0.500. The summed E-state index contributed by atoms with van der Waals surface area (Å²) in [6.45, 7) is 5.04. The largest absolute Gasteiger partial charge is 0.462 e. The van der Waals surface area contributed by atoms with Gasteiger partial charge in [-0.1, -0.05) is 0 Å². The number of aromatic nitrogens is 1. The van der Waals surface area contributed by atoms with E-state index in [-0.39, 0.29) is 40.8 Å². The average Bonchev–Trinajstić information content (AvgIpc) is 3.10. The van der Waals surface area contributed by atoms with Gasteiger partial charge >= 0.3 is 5.97 Å². The highest BCUT2D eigenvalue weighted by Gasteiger charge is 2.34. The number of anilines is 2. The molecule has 2 aliphatic heterocycles. The predicted molar refractivity (Wildman–Crippen MR) is 113 cm³/mol. The predicted octanol–water partition coefficient (Wildman–Crippen LogP) is 2.87. The van der Waals surface area contributed by atoms with E-state index in [9.17, 15) is 9.59 Å². The average molecular weight is 439 g/mol. The number of ether oxygens (including phenoxy) is 1. The number of pyridine rings is 1. The number of hydrogen-bond donors (Lipinski definition) is 3. The van der Waals surface area contributed by atoms with Crippen LogP contribution in [0.5, 0.6) is 0 Å². The molecule has 4 rings (SSSR count). The molecule has 1 aromatic heterocycles. The molecule has 7 nitrogen and oxygen atoms in total. The number of rotatable bonds is 4. The summed E-state index contributed by atoms with van der Waals surface area (Å²) in [5.74, 6) is -2.15. The molecule has 162 valence electrons. The van der Waals surface area contributed by atoms with Crippen LogP contribution in [0.15, 0.2) is 9.82 Å². The van der Waals surface area contributed by atoms with E-state index in [1.165, 1.54) is 11.8 Å². The van der Waals surface area contributed by atoms with Gasteiger partial charge in [0.15, 0.2) is 11.6 Å². The zero-order valence-corrected chi connectivity index (χ0v) is 17.6. The molecule has 0 radical (unpaired) electrons. The molecule has 2 aromatic rings. The van der Waals surface area contributed by atoms with E-state index < -0.39 is 28.7 Å². The van der Waals surface area contributed by atoms with Crippen molar-refractivity contribution in [1.82, 2.24) is 9.88 Å². The standard InChI is InChI=1S/C20H24F2N4O3S/c1-3-29-20(28)12-18(27)11-15(23)13(21)16(25-10-4-6-24-7-5-10)14(22)17(11)26-9(2)8-30-19(12)26/h9-10,24-25H,3-8,23H2,1-2H3/t9-/m1/s1. The summed E-state index contributed by atoms with van der Waals surface area (Å²) < 4.78 is 37.4. The molecule has 0 saturated carbocycles. The molecule has 30 heavy (non-hydrogen) atoms. The van der Waals surface area contributed by atoms with Gasteiger partial charge in [-0.05, 0) is 39.8 Å². The molecule has 10 heteroatoms. The minimum atomic E-state index is -1.01. The number of carbonyl (C=O) groups excluding carboxylic acids is 1. The number of halogens is 2. The molecule has 0 unspecified atom stereocenters. The Hall–Kier alpha value is -2.33. The SMILES string of the molecule is CCOC(=O)c1c2n(c3c(F)c(NC4CCNCC4)c(F)c(N)c3c1=O)[C@H](C)CS2. The fourth-order valence-corrected chi connectivity index (χ4v) is 5.39. The van der Waals surface area contributed by atoms with E-state index in [1.54, 1.807) is 11.5 Å². The Labute approximate surface area is 176 Å². The number of nitrogen functional groups attached to an aromatic ring is 1. The summed E-state index contributed by atoms with van der Waals surface area (Å²) >= 11 is 1.28.